The molecule has 0 radical (unpaired) electrons. The summed E-state index contributed by atoms with van der Waals surface area (Å²) in [5.41, 5.74) is 1.74. The highest BCUT2D eigenvalue weighted by molar-refractivity contribution is 9.09. The zero-order valence-electron chi connectivity index (χ0n) is 11.7. The van der Waals surface area contributed by atoms with E-state index in [1.54, 1.807) is 6.20 Å². The van der Waals surface area contributed by atoms with Gasteiger partial charge in [0.1, 0.15) is 5.69 Å². The first-order chi connectivity index (χ1) is 10.1. The Morgan fingerprint density at radius 2 is 2.14 bits per heavy atom. The maximum Gasteiger partial charge on any atom is 0.270 e. The quantitative estimate of drug-likeness (QED) is 0.664. The molecule has 2 atom stereocenters. The summed E-state index contributed by atoms with van der Waals surface area (Å²) in [5, 5.41) is 5.03. The van der Waals surface area contributed by atoms with E-state index in [0.29, 0.717) is 5.69 Å². The summed E-state index contributed by atoms with van der Waals surface area (Å²) in [6, 6.07) is 9.87. The van der Waals surface area contributed by atoms with Gasteiger partial charge in [-0.2, -0.15) is 0 Å². The molecule has 2 unspecified atom stereocenters. The van der Waals surface area contributed by atoms with Crippen LogP contribution in [0.1, 0.15) is 29.8 Å². The molecule has 4 heteroatoms. The maximum atomic E-state index is 12.5. The van der Waals surface area contributed by atoms with Crippen LogP contribution in [-0.4, -0.2) is 21.8 Å². The standard InChI is InChI=1S/C17H17BrN2O/c1-11-6-7-15(14(18)10-11)20-17(21)16-13-5-3-2-4-12(13)8-9-19-16/h2-5,8-9,14-15H,1,6-7,10H2,(H,20,21). The molecule has 3 rings (SSSR count). The van der Waals surface area contributed by atoms with Gasteiger partial charge in [0, 0.05) is 22.5 Å². The topological polar surface area (TPSA) is 42.0 Å². The normalized spacial score (nSPS) is 22.2. The van der Waals surface area contributed by atoms with Crippen LogP contribution in [0, 0.1) is 0 Å². The fourth-order valence-electron chi connectivity index (χ4n) is 2.76. The Labute approximate surface area is 132 Å². The number of hydrogen-bond acceptors (Lipinski definition) is 2. The van der Waals surface area contributed by atoms with E-state index in [1.807, 2.05) is 30.3 Å². The number of halogens is 1. The number of carbonyl (C=O) groups is 1. The Hall–Kier alpha value is -1.68. The molecule has 1 amide bonds. The van der Waals surface area contributed by atoms with E-state index in [4.69, 9.17) is 0 Å². The summed E-state index contributed by atoms with van der Waals surface area (Å²) in [4.78, 5) is 17.1. The molecule has 1 saturated carbocycles. The summed E-state index contributed by atoms with van der Waals surface area (Å²) in [6.45, 7) is 4.02. The SMILES string of the molecule is C=C1CCC(NC(=O)c2nccc3ccccc23)C(Br)C1. The molecular weight excluding hydrogens is 328 g/mol. The van der Waals surface area contributed by atoms with Crippen molar-refractivity contribution in [2.75, 3.05) is 0 Å². The number of alkyl halides is 1. The fourth-order valence-corrected chi connectivity index (χ4v) is 3.61. The average molecular weight is 345 g/mol. The summed E-state index contributed by atoms with van der Waals surface area (Å²) in [6.07, 6.45) is 4.49. The maximum absolute atomic E-state index is 12.5. The van der Waals surface area contributed by atoms with E-state index in [-0.39, 0.29) is 16.8 Å². The third-order valence-corrected chi connectivity index (χ3v) is 4.90. The number of benzene rings is 1. The Morgan fingerprint density at radius 3 is 2.95 bits per heavy atom. The van der Waals surface area contributed by atoms with Crippen LogP contribution in [0.3, 0.4) is 0 Å². The Kier molecular flexibility index (Phi) is 4.06. The molecule has 0 bridgehead atoms. The lowest BCUT2D eigenvalue weighted by atomic mass is 9.91. The van der Waals surface area contributed by atoms with Crippen LogP contribution in [0.15, 0.2) is 48.7 Å². The van der Waals surface area contributed by atoms with Crippen LogP contribution in [0.2, 0.25) is 0 Å². The van der Waals surface area contributed by atoms with Gasteiger partial charge < -0.3 is 5.32 Å². The van der Waals surface area contributed by atoms with E-state index >= 15 is 0 Å². The molecule has 1 N–H and O–H groups in total. The van der Waals surface area contributed by atoms with Crippen molar-refractivity contribution < 1.29 is 4.79 Å². The summed E-state index contributed by atoms with van der Waals surface area (Å²) >= 11 is 3.65. The highest BCUT2D eigenvalue weighted by Gasteiger charge is 2.27. The summed E-state index contributed by atoms with van der Waals surface area (Å²) in [5.74, 6) is -0.103. The molecule has 1 aromatic carbocycles. The first-order valence-corrected chi connectivity index (χ1v) is 8.02. The first-order valence-electron chi connectivity index (χ1n) is 7.10. The van der Waals surface area contributed by atoms with Crippen LogP contribution < -0.4 is 5.32 Å². The molecule has 21 heavy (non-hydrogen) atoms. The van der Waals surface area contributed by atoms with E-state index in [9.17, 15) is 4.79 Å². The number of hydrogen-bond donors (Lipinski definition) is 1. The predicted octanol–water partition coefficient (Wildman–Crippen LogP) is 3.84. The zero-order chi connectivity index (χ0) is 14.8. The number of pyridine rings is 1. The van der Waals surface area contributed by atoms with Crippen molar-refractivity contribution in [3.05, 3.63) is 54.4 Å². The summed E-state index contributed by atoms with van der Waals surface area (Å²) in [7, 11) is 0. The number of rotatable bonds is 2. The highest BCUT2D eigenvalue weighted by atomic mass is 79.9. The van der Waals surface area contributed by atoms with Gasteiger partial charge in [0.25, 0.3) is 5.91 Å². The van der Waals surface area contributed by atoms with Crippen molar-refractivity contribution in [2.24, 2.45) is 0 Å². The number of nitrogens with one attached hydrogen (secondary N) is 1. The third kappa shape index (κ3) is 3.00. The molecule has 108 valence electrons. The minimum atomic E-state index is -0.103. The second kappa shape index (κ2) is 5.98. The van der Waals surface area contributed by atoms with Gasteiger partial charge in [-0.05, 0) is 30.7 Å². The monoisotopic (exact) mass is 344 g/mol. The number of amides is 1. The Balaban J connectivity index is 1.83. The van der Waals surface area contributed by atoms with Crippen molar-refractivity contribution in [3.63, 3.8) is 0 Å². The smallest absolute Gasteiger partial charge is 0.270 e. The van der Waals surface area contributed by atoms with Crippen LogP contribution >= 0.6 is 15.9 Å². The zero-order valence-corrected chi connectivity index (χ0v) is 13.3. The van der Waals surface area contributed by atoms with Crippen LogP contribution in [0.25, 0.3) is 10.8 Å². The minimum Gasteiger partial charge on any atom is -0.347 e. The molecule has 1 aromatic heterocycles. The van der Waals surface area contributed by atoms with Crippen LogP contribution in [-0.2, 0) is 0 Å². The van der Waals surface area contributed by atoms with Crippen molar-refractivity contribution >= 4 is 32.6 Å². The van der Waals surface area contributed by atoms with Gasteiger partial charge in [-0.15, -0.1) is 0 Å². The second-order valence-corrected chi connectivity index (χ2v) is 6.65. The molecule has 0 spiro atoms. The summed E-state index contributed by atoms with van der Waals surface area (Å²) < 4.78 is 0. The van der Waals surface area contributed by atoms with Crippen molar-refractivity contribution in [2.45, 2.75) is 30.1 Å². The highest BCUT2D eigenvalue weighted by Crippen LogP contribution is 2.28. The minimum absolute atomic E-state index is 0.103. The molecule has 3 nitrogen and oxygen atoms in total. The molecule has 1 aliphatic rings. The van der Waals surface area contributed by atoms with Crippen LogP contribution in [0.4, 0.5) is 0 Å². The number of fused-ring (bicyclic) bond motifs is 1. The molecule has 0 saturated heterocycles. The Bertz CT molecular complexity index is 693. The molecular formula is C17H17BrN2O. The van der Waals surface area contributed by atoms with Crippen molar-refractivity contribution in [1.29, 1.82) is 0 Å². The third-order valence-electron chi connectivity index (χ3n) is 3.93. The van der Waals surface area contributed by atoms with Crippen LogP contribution in [0.5, 0.6) is 0 Å². The van der Waals surface area contributed by atoms with E-state index in [2.05, 4.69) is 32.8 Å². The number of carbonyl (C=O) groups excluding carboxylic acids is 1. The largest absolute Gasteiger partial charge is 0.347 e. The second-order valence-electron chi connectivity index (χ2n) is 5.47. The van der Waals surface area contributed by atoms with E-state index in [0.717, 1.165) is 30.0 Å². The van der Waals surface area contributed by atoms with Gasteiger partial charge in [0.05, 0.1) is 0 Å². The molecule has 0 aliphatic heterocycles. The predicted molar refractivity (Wildman–Crippen MR) is 88.7 cm³/mol. The number of aromatic nitrogens is 1. The van der Waals surface area contributed by atoms with E-state index < -0.39 is 0 Å². The molecule has 1 fully saturated rings. The average Bonchev–Trinajstić information content (AvgIpc) is 2.49. The van der Waals surface area contributed by atoms with Crippen molar-refractivity contribution in [1.82, 2.24) is 10.3 Å². The van der Waals surface area contributed by atoms with Gasteiger partial charge in [0.15, 0.2) is 0 Å². The van der Waals surface area contributed by atoms with Gasteiger partial charge in [-0.1, -0.05) is 52.3 Å². The lowest BCUT2D eigenvalue weighted by molar-refractivity contribution is 0.0929. The van der Waals surface area contributed by atoms with Crippen molar-refractivity contribution in [3.8, 4) is 0 Å². The number of allylic oxidation sites excluding steroid dienone is 1. The van der Waals surface area contributed by atoms with E-state index in [1.165, 1.54) is 5.57 Å². The molecule has 1 heterocycles. The van der Waals surface area contributed by atoms with Gasteiger partial charge in [-0.3, -0.25) is 9.78 Å². The van der Waals surface area contributed by atoms with Gasteiger partial charge >= 0.3 is 0 Å². The first kappa shape index (κ1) is 14.3. The lowest BCUT2D eigenvalue weighted by Crippen LogP contribution is -2.43. The fraction of sp³-hybridized carbons (Fsp3) is 0.294. The Morgan fingerprint density at radius 1 is 1.33 bits per heavy atom. The number of nitrogens with zero attached hydrogens (tertiary/aromatic N) is 1. The molecule has 2 aromatic rings. The lowest BCUT2D eigenvalue weighted by Gasteiger charge is -2.29. The molecule has 1 aliphatic carbocycles. The van der Waals surface area contributed by atoms with Gasteiger partial charge in [0.2, 0.25) is 0 Å². The van der Waals surface area contributed by atoms with Gasteiger partial charge in [-0.25, -0.2) is 0 Å².